The molecule has 2 N–H and O–H groups in total. The highest BCUT2D eigenvalue weighted by Gasteiger charge is 2.29. The maximum Gasteiger partial charge on any atom is 0.341 e. The number of rotatable bonds is 5. The van der Waals surface area contributed by atoms with Gasteiger partial charge in [0, 0.05) is 11.9 Å². The fraction of sp³-hybridized carbons (Fsp3) is 0.474. The predicted molar refractivity (Wildman–Crippen MR) is 118 cm³/mol. The highest BCUT2D eigenvalue weighted by Crippen LogP contribution is 2.40. The van der Waals surface area contributed by atoms with Crippen LogP contribution in [0.2, 0.25) is 5.02 Å². The summed E-state index contributed by atoms with van der Waals surface area (Å²) in [6.07, 6.45) is 5.32. The number of hydrogen-bond acceptors (Lipinski definition) is 6. The second kappa shape index (κ2) is 9.23. The fourth-order valence-corrected chi connectivity index (χ4v) is 5.34. The molecule has 0 bridgehead atoms. The number of anilines is 1. The number of aromatic nitrogens is 2. The Morgan fingerprint density at radius 3 is 2.83 bits per heavy atom. The highest BCUT2D eigenvalue weighted by atomic mass is 35.5. The number of fused-ring (bicyclic) bond motifs is 1. The number of carbonyl (C=O) groups excluding carboxylic acids is 2. The van der Waals surface area contributed by atoms with Gasteiger partial charge in [-0.3, -0.25) is 14.8 Å². The van der Waals surface area contributed by atoms with Crippen molar-refractivity contribution in [2.24, 2.45) is 13.0 Å². The Morgan fingerprint density at radius 1 is 1.45 bits per heavy atom. The number of nitrogens with one attached hydrogen (secondary N) is 2. The zero-order chi connectivity index (χ0) is 21.1. The van der Waals surface area contributed by atoms with Crippen LogP contribution in [0.1, 0.15) is 58.0 Å². The molecular formula is C19H23ClN4O3S2. The van der Waals surface area contributed by atoms with Crippen LogP contribution < -0.4 is 10.6 Å². The summed E-state index contributed by atoms with van der Waals surface area (Å²) in [5.74, 6) is -0.230. The average molecular weight is 455 g/mol. The zero-order valence-corrected chi connectivity index (χ0v) is 18.9. The molecule has 1 unspecified atom stereocenters. The molecule has 3 rings (SSSR count). The van der Waals surface area contributed by atoms with E-state index in [0.29, 0.717) is 23.1 Å². The van der Waals surface area contributed by atoms with Crippen molar-refractivity contribution in [1.29, 1.82) is 0 Å². The van der Waals surface area contributed by atoms with Crippen molar-refractivity contribution in [1.82, 2.24) is 15.1 Å². The summed E-state index contributed by atoms with van der Waals surface area (Å²) in [7, 11) is 1.62. The summed E-state index contributed by atoms with van der Waals surface area (Å²) in [6, 6.07) is 0. The normalized spacial score (nSPS) is 15.5. The van der Waals surface area contributed by atoms with E-state index in [2.05, 4.69) is 22.7 Å². The van der Waals surface area contributed by atoms with E-state index < -0.39 is 5.91 Å². The molecule has 0 saturated heterocycles. The monoisotopic (exact) mass is 454 g/mol. The Kier molecular flexibility index (Phi) is 6.92. The van der Waals surface area contributed by atoms with Crippen molar-refractivity contribution in [3.05, 3.63) is 32.9 Å². The van der Waals surface area contributed by atoms with Crippen LogP contribution in [0.3, 0.4) is 0 Å². The number of thiocarbonyl (C=S) groups is 1. The molecule has 0 fully saturated rings. The van der Waals surface area contributed by atoms with Gasteiger partial charge in [-0.1, -0.05) is 24.9 Å². The molecule has 1 amide bonds. The molecule has 29 heavy (non-hydrogen) atoms. The summed E-state index contributed by atoms with van der Waals surface area (Å²) < 4.78 is 6.64. The number of aryl methyl sites for hydroxylation is 1. The summed E-state index contributed by atoms with van der Waals surface area (Å²) in [5.41, 5.74) is 1.76. The lowest BCUT2D eigenvalue weighted by Crippen LogP contribution is -2.35. The zero-order valence-electron chi connectivity index (χ0n) is 16.5. The molecular weight excluding hydrogens is 432 g/mol. The van der Waals surface area contributed by atoms with Crippen LogP contribution in [0.15, 0.2) is 6.20 Å². The largest absolute Gasteiger partial charge is 0.462 e. The predicted octanol–water partition coefficient (Wildman–Crippen LogP) is 3.95. The van der Waals surface area contributed by atoms with E-state index in [1.54, 1.807) is 14.0 Å². The van der Waals surface area contributed by atoms with E-state index in [0.717, 1.165) is 31.2 Å². The Morgan fingerprint density at radius 2 is 2.21 bits per heavy atom. The van der Waals surface area contributed by atoms with E-state index in [1.807, 2.05) is 0 Å². The summed E-state index contributed by atoms with van der Waals surface area (Å²) in [5, 5.41) is 10.5. The Hall–Kier alpha value is -1.97. The smallest absolute Gasteiger partial charge is 0.341 e. The molecule has 156 valence electrons. The third kappa shape index (κ3) is 4.62. The number of halogens is 1. The van der Waals surface area contributed by atoms with Gasteiger partial charge in [-0.15, -0.1) is 11.3 Å². The Balaban J connectivity index is 1.82. The molecule has 2 aromatic rings. The topological polar surface area (TPSA) is 85.2 Å². The van der Waals surface area contributed by atoms with Crippen LogP contribution in [0.4, 0.5) is 5.00 Å². The molecule has 2 heterocycles. The molecule has 10 heteroatoms. The molecule has 7 nitrogen and oxygen atoms in total. The first-order valence-corrected chi connectivity index (χ1v) is 11.1. The molecule has 1 atom stereocenters. The summed E-state index contributed by atoms with van der Waals surface area (Å²) in [6.45, 7) is 4.25. The van der Waals surface area contributed by atoms with E-state index in [-0.39, 0.29) is 21.8 Å². The van der Waals surface area contributed by atoms with Crippen LogP contribution >= 0.6 is 35.2 Å². The van der Waals surface area contributed by atoms with Gasteiger partial charge in [0.05, 0.1) is 23.4 Å². The van der Waals surface area contributed by atoms with E-state index in [1.165, 1.54) is 27.1 Å². The SMILES string of the molecule is CCOC(=O)c1c(NC(=S)NC(=O)c2c(Cl)cnn2C)sc2c1CCC(CC)C2. The number of nitrogens with zero attached hydrogens (tertiary/aromatic N) is 2. The number of ether oxygens (including phenoxy) is 1. The lowest BCUT2D eigenvalue weighted by molar-refractivity contribution is 0.0526. The summed E-state index contributed by atoms with van der Waals surface area (Å²) >= 11 is 12.8. The minimum atomic E-state index is -0.474. The van der Waals surface area contributed by atoms with Crippen molar-refractivity contribution >= 4 is 57.1 Å². The van der Waals surface area contributed by atoms with Gasteiger partial charge in [-0.25, -0.2) is 4.79 Å². The lowest BCUT2D eigenvalue weighted by Gasteiger charge is -2.21. The third-order valence-corrected chi connectivity index (χ3v) is 6.64. The van der Waals surface area contributed by atoms with E-state index in [9.17, 15) is 9.59 Å². The van der Waals surface area contributed by atoms with E-state index >= 15 is 0 Å². The van der Waals surface area contributed by atoms with Crippen LogP contribution in [0, 0.1) is 5.92 Å². The highest BCUT2D eigenvalue weighted by molar-refractivity contribution is 7.80. The fourth-order valence-electron chi connectivity index (χ4n) is 3.47. The van der Waals surface area contributed by atoms with Crippen molar-refractivity contribution < 1.29 is 14.3 Å². The number of amides is 1. The molecule has 1 aliphatic carbocycles. The van der Waals surface area contributed by atoms with Gasteiger partial charge in [0.1, 0.15) is 10.7 Å². The van der Waals surface area contributed by atoms with Gasteiger partial charge in [-0.2, -0.15) is 5.10 Å². The molecule has 1 aliphatic rings. The maximum atomic E-state index is 12.6. The average Bonchev–Trinajstić information content (AvgIpc) is 3.19. The number of hydrogen-bond donors (Lipinski definition) is 2. The van der Waals surface area contributed by atoms with Gasteiger partial charge in [0.15, 0.2) is 5.11 Å². The quantitative estimate of drug-likeness (QED) is 0.525. The molecule has 0 spiro atoms. The minimum Gasteiger partial charge on any atom is -0.462 e. The van der Waals surface area contributed by atoms with E-state index in [4.69, 9.17) is 28.6 Å². The Bertz CT molecular complexity index is 934. The summed E-state index contributed by atoms with van der Waals surface area (Å²) in [4.78, 5) is 26.3. The number of carbonyl (C=O) groups is 2. The molecule has 0 radical (unpaired) electrons. The van der Waals surface area contributed by atoms with Crippen molar-refractivity contribution in [3.8, 4) is 0 Å². The first-order valence-electron chi connectivity index (χ1n) is 9.47. The van der Waals surface area contributed by atoms with Gasteiger partial charge in [-0.05, 0) is 49.9 Å². The molecule has 2 aromatic heterocycles. The van der Waals surface area contributed by atoms with Crippen LogP contribution in [0.25, 0.3) is 0 Å². The Labute approximate surface area is 183 Å². The van der Waals surface area contributed by atoms with Gasteiger partial charge in [0.25, 0.3) is 5.91 Å². The lowest BCUT2D eigenvalue weighted by atomic mass is 9.86. The maximum absolute atomic E-state index is 12.6. The van der Waals surface area contributed by atoms with Gasteiger partial charge in [0.2, 0.25) is 0 Å². The van der Waals surface area contributed by atoms with Crippen LogP contribution in [-0.4, -0.2) is 33.4 Å². The van der Waals surface area contributed by atoms with Crippen LogP contribution in [-0.2, 0) is 24.6 Å². The van der Waals surface area contributed by atoms with Crippen molar-refractivity contribution in [3.63, 3.8) is 0 Å². The minimum absolute atomic E-state index is 0.0865. The third-order valence-electron chi connectivity index (χ3n) is 4.99. The molecule has 0 aromatic carbocycles. The second-order valence-electron chi connectivity index (χ2n) is 6.82. The standard InChI is InChI=1S/C19H23ClN4O3S2/c1-4-10-6-7-11-13(8-10)29-17(14(11)18(26)27-5-2)23-19(28)22-16(25)15-12(20)9-21-24(15)3/h9-10H,4-8H2,1-3H3,(H2,22,23,25,28). The van der Waals surface area contributed by atoms with Gasteiger partial charge < -0.3 is 10.1 Å². The van der Waals surface area contributed by atoms with Gasteiger partial charge >= 0.3 is 5.97 Å². The van der Waals surface area contributed by atoms with Crippen LogP contribution in [0.5, 0.6) is 0 Å². The van der Waals surface area contributed by atoms with Crippen molar-refractivity contribution in [2.45, 2.75) is 39.5 Å². The number of thiophene rings is 1. The van der Waals surface area contributed by atoms with Crippen molar-refractivity contribution in [2.75, 3.05) is 11.9 Å². The first kappa shape index (κ1) is 21.7. The first-order chi connectivity index (χ1) is 13.8. The molecule has 0 saturated carbocycles. The number of esters is 1. The molecule has 0 aliphatic heterocycles. The second-order valence-corrected chi connectivity index (χ2v) is 8.74.